The Bertz CT molecular complexity index is 550. The predicted molar refractivity (Wildman–Crippen MR) is 72.9 cm³/mol. The molecule has 2 aromatic heterocycles. The average molecular weight is 242 g/mol. The first-order chi connectivity index (χ1) is 8.66. The number of rotatable bonds is 3. The van der Waals surface area contributed by atoms with Crippen molar-refractivity contribution in [2.75, 3.05) is 19.0 Å². The summed E-state index contributed by atoms with van der Waals surface area (Å²) in [5.74, 6) is 1.63. The van der Waals surface area contributed by atoms with E-state index in [1.807, 2.05) is 25.2 Å². The Labute approximate surface area is 107 Å². The van der Waals surface area contributed by atoms with Gasteiger partial charge in [-0.15, -0.1) is 0 Å². The summed E-state index contributed by atoms with van der Waals surface area (Å²) in [5.41, 5.74) is 4.76. The van der Waals surface area contributed by atoms with Crippen molar-refractivity contribution in [1.29, 1.82) is 0 Å². The van der Waals surface area contributed by atoms with Gasteiger partial charge in [-0.1, -0.05) is 0 Å². The molecule has 0 aliphatic heterocycles. The highest BCUT2D eigenvalue weighted by Crippen LogP contribution is 2.44. The summed E-state index contributed by atoms with van der Waals surface area (Å²) in [4.78, 5) is 6.49. The minimum absolute atomic E-state index is 0.651. The molecule has 4 nitrogen and oxygen atoms in total. The van der Waals surface area contributed by atoms with Gasteiger partial charge in [-0.3, -0.25) is 5.10 Å². The number of anilines is 1. The predicted octanol–water partition coefficient (Wildman–Crippen LogP) is 2.72. The Morgan fingerprint density at radius 3 is 2.61 bits per heavy atom. The molecule has 0 amide bonds. The third-order valence-electron chi connectivity index (χ3n) is 3.43. The summed E-state index contributed by atoms with van der Waals surface area (Å²) in [5, 5.41) is 7.55. The molecule has 0 radical (unpaired) electrons. The third kappa shape index (κ3) is 1.88. The second kappa shape index (κ2) is 4.12. The van der Waals surface area contributed by atoms with Crippen LogP contribution in [0.25, 0.3) is 11.1 Å². The van der Waals surface area contributed by atoms with Crippen molar-refractivity contribution in [3.8, 4) is 11.1 Å². The molecule has 94 valence electrons. The van der Waals surface area contributed by atoms with Crippen LogP contribution < -0.4 is 4.90 Å². The van der Waals surface area contributed by atoms with E-state index in [0.717, 1.165) is 17.1 Å². The van der Waals surface area contributed by atoms with E-state index in [9.17, 15) is 0 Å². The molecule has 0 saturated heterocycles. The number of aromatic amines is 1. The van der Waals surface area contributed by atoms with Gasteiger partial charge in [0.15, 0.2) is 0 Å². The zero-order valence-corrected chi connectivity index (χ0v) is 11.1. The maximum atomic E-state index is 4.48. The largest absolute Gasteiger partial charge is 0.363 e. The summed E-state index contributed by atoms with van der Waals surface area (Å²) in [7, 11) is 4.00. The van der Waals surface area contributed by atoms with Gasteiger partial charge in [-0.25, -0.2) is 4.98 Å². The van der Waals surface area contributed by atoms with Gasteiger partial charge < -0.3 is 4.90 Å². The standard InChI is InChI=1S/C14H18N4/c1-9-13(14(17-16-9)10-4-5-10)11-6-7-12(15-8-11)18(2)3/h6-8,10H,4-5H2,1-3H3,(H,16,17). The van der Waals surface area contributed by atoms with Crippen LogP contribution in [0.2, 0.25) is 0 Å². The van der Waals surface area contributed by atoms with Crippen molar-refractivity contribution < 1.29 is 0 Å². The van der Waals surface area contributed by atoms with E-state index in [2.05, 4.69) is 34.2 Å². The smallest absolute Gasteiger partial charge is 0.127 e. The third-order valence-corrected chi connectivity index (χ3v) is 3.43. The van der Waals surface area contributed by atoms with Gasteiger partial charge in [-0.2, -0.15) is 5.10 Å². The first-order valence-electron chi connectivity index (χ1n) is 6.35. The van der Waals surface area contributed by atoms with Gasteiger partial charge >= 0.3 is 0 Å². The molecular weight excluding hydrogens is 224 g/mol. The molecule has 4 heteroatoms. The Balaban J connectivity index is 2.01. The van der Waals surface area contributed by atoms with Crippen molar-refractivity contribution in [1.82, 2.24) is 15.2 Å². The van der Waals surface area contributed by atoms with Crippen LogP contribution >= 0.6 is 0 Å². The van der Waals surface area contributed by atoms with E-state index in [-0.39, 0.29) is 0 Å². The van der Waals surface area contributed by atoms with Crippen LogP contribution in [0, 0.1) is 6.92 Å². The molecule has 0 atom stereocenters. The van der Waals surface area contributed by atoms with Crippen LogP contribution in [0.4, 0.5) is 5.82 Å². The minimum Gasteiger partial charge on any atom is -0.363 e. The zero-order chi connectivity index (χ0) is 12.7. The van der Waals surface area contributed by atoms with Crippen LogP contribution in [0.5, 0.6) is 0 Å². The van der Waals surface area contributed by atoms with E-state index in [1.165, 1.54) is 24.1 Å². The molecule has 2 aromatic rings. The fraction of sp³-hybridized carbons (Fsp3) is 0.429. The molecule has 2 heterocycles. The summed E-state index contributed by atoms with van der Waals surface area (Å²) >= 11 is 0. The quantitative estimate of drug-likeness (QED) is 0.900. The second-order valence-corrected chi connectivity index (χ2v) is 5.18. The first kappa shape index (κ1) is 11.3. The molecule has 1 saturated carbocycles. The number of hydrogen-bond acceptors (Lipinski definition) is 3. The molecule has 1 aliphatic carbocycles. The van der Waals surface area contributed by atoms with E-state index in [4.69, 9.17) is 0 Å². The van der Waals surface area contributed by atoms with Crippen molar-refractivity contribution >= 4 is 5.82 Å². The highest BCUT2D eigenvalue weighted by molar-refractivity contribution is 5.69. The van der Waals surface area contributed by atoms with Crippen LogP contribution in [0.1, 0.15) is 30.1 Å². The van der Waals surface area contributed by atoms with Gasteiger partial charge in [0.25, 0.3) is 0 Å². The van der Waals surface area contributed by atoms with E-state index in [0.29, 0.717) is 5.92 Å². The lowest BCUT2D eigenvalue weighted by atomic mass is 10.0. The number of aromatic nitrogens is 3. The number of aryl methyl sites for hydroxylation is 1. The maximum Gasteiger partial charge on any atom is 0.127 e. The monoisotopic (exact) mass is 242 g/mol. The molecule has 0 unspecified atom stereocenters. The SMILES string of the molecule is Cc1[nH]nc(C2CC2)c1-c1ccc(N(C)C)nc1. The number of H-pyrrole nitrogens is 1. The fourth-order valence-corrected chi connectivity index (χ4v) is 2.26. The minimum atomic E-state index is 0.651. The summed E-state index contributed by atoms with van der Waals surface area (Å²) < 4.78 is 0. The Morgan fingerprint density at radius 2 is 2.06 bits per heavy atom. The van der Waals surface area contributed by atoms with Crippen molar-refractivity contribution in [3.63, 3.8) is 0 Å². The van der Waals surface area contributed by atoms with Gasteiger partial charge in [-0.05, 0) is 31.9 Å². The van der Waals surface area contributed by atoms with Gasteiger partial charge in [0.2, 0.25) is 0 Å². The molecule has 1 N–H and O–H groups in total. The van der Waals surface area contributed by atoms with Gasteiger partial charge in [0, 0.05) is 43.0 Å². The zero-order valence-electron chi connectivity index (χ0n) is 11.1. The number of pyridine rings is 1. The number of nitrogens with one attached hydrogen (secondary N) is 1. The maximum absolute atomic E-state index is 4.48. The Hall–Kier alpha value is -1.84. The normalized spacial score (nSPS) is 14.8. The van der Waals surface area contributed by atoms with Gasteiger partial charge in [0.1, 0.15) is 5.82 Å². The molecule has 0 aromatic carbocycles. The van der Waals surface area contributed by atoms with Crippen LogP contribution in [0.15, 0.2) is 18.3 Å². The van der Waals surface area contributed by atoms with Crippen LogP contribution in [0.3, 0.4) is 0 Å². The lowest BCUT2D eigenvalue weighted by molar-refractivity contribution is 0.954. The summed E-state index contributed by atoms with van der Waals surface area (Å²) in [6, 6.07) is 4.19. The molecule has 0 bridgehead atoms. The Kier molecular flexibility index (Phi) is 2.58. The second-order valence-electron chi connectivity index (χ2n) is 5.18. The van der Waals surface area contributed by atoms with Crippen LogP contribution in [-0.4, -0.2) is 29.3 Å². The van der Waals surface area contributed by atoms with Crippen molar-refractivity contribution in [2.24, 2.45) is 0 Å². The summed E-state index contributed by atoms with van der Waals surface area (Å²) in [6.45, 7) is 2.08. The fourth-order valence-electron chi connectivity index (χ4n) is 2.26. The molecule has 3 rings (SSSR count). The Morgan fingerprint density at radius 1 is 1.28 bits per heavy atom. The van der Waals surface area contributed by atoms with E-state index < -0.39 is 0 Å². The van der Waals surface area contributed by atoms with E-state index >= 15 is 0 Å². The lowest BCUT2D eigenvalue weighted by Gasteiger charge is -2.11. The molecule has 18 heavy (non-hydrogen) atoms. The van der Waals surface area contributed by atoms with Crippen LogP contribution in [-0.2, 0) is 0 Å². The summed E-state index contributed by atoms with van der Waals surface area (Å²) in [6.07, 6.45) is 4.47. The van der Waals surface area contributed by atoms with Gasteiger partial charge in [0.05, 0.1) is 5.69 Å². The number of nitrogens with zero attached hydrogens (tertiary/aromatic N) is 3. The highest BCUT2D eigenvalue weighted by atomic mass is 15.1. The van der Waals surface area contributed by atoms with Crippen molar-refractivity contribution in [2.45, 2.75) is 25.7 Å². The number of hydrogen-bond donors (Lipinski definition) is 1. The molecule has 0 spiro atoms. The molecule has 1 aliphatic rings. The van der Waals surface area contributed by atoms with E-state index in [1.54, 1.807) is 0 Å². The highest BCUT2D eigenvalue weighted by Gasteiger charge is 2.30. The lowest BCUT2D eigenvalue weighted by Crippen LogP contribution is -2.10. The average Bonchev–Trinajstić information content (AvgIpc) is 3.13. The first-order valence-corrected chi connectivity index (χ1v) is 6.35. The van der Waals surface area contributed by atoms with Crippen molar-refractivity contribution in [3.05, 3.63) is 29.7 Å². The molecular formula is C14H18N4. The molecule has 1 fully saturated rings. The topological polar surface area (TPSA) is 44.8 Å².